The quantitative estimate of drug-likeness (QED) is 0.775. The molecule has 2 amide bonds. The van der Waals surface area contributed by atoms with E-state index in [1.807, 2.05) is 19.9 Å². The van der Waals surface area contributed by atoms with Crippen molar-refractivity contribution >= 4 is 27.5 Å². The molecule has 1 aromatic carbocycles. The summed E-state index contributed by atoms with van der Waals surface area (Å²) in [5.41, 5.74) is 0.929. The van der Waals surface area contributed by atoms with Gasteiger partial charge < -0.3 is 15.0 Å². The van der Waals surface area contributed by atoms with Crippen LogP contribution in [0.15, 0.2) is 18.2 Å². The molecule has 6 nitrogen and oxygen atoms in total. The largest absolute Gasteiger partial charge is 0.492 e. The average molecular weight is 375 g/mol. The zero-order chi connectivity index (χ0) is 17.7. The van der Waals surface area contributed by atoms with Gasteiger partial charge in [0.25, 0.3) is 0 Å². The lowest BCUT2D eigenvalue weighted by Gasteiger charge is -2.27. The third-order valence-electron chi connectivity index (χ3n) is 4.03. The molecular weight excluding hydrogens is 352 g/mol. The number of benzene rings is 1. The first kappa shape index (κ1) is 18.9. The first-order valence-electron chi connectivity index (χ1n) is 7.96. The minimum absolute atomic E-state index is 0.0504. The van der Waals surface area contributed by atoms with Crippen molar-refractivity contribution in [1.29, 1.82) is 0 Å². The SMILES string of the molecule is CCN(C(=O)NCCOc1ccc(Cl)c(C)c1)C1CCS(=O)(=O)C1. The van der Waals surface area contributed by atoms with E-state index in [1.165, 1.54) is 0 Å². The lowest BCUT2D eigenvalue weighted by molar-refractivity contribution is 0.181. The molecule has 1 aliphatic rings. The van der Waals surface area contributed by atoms with Crippen LogP contribution in [0.4, 0.5) is 4.79 Å². The molecule has 8 heteroatoms. The van der Waals surface area contributed by atoms with Gasteiger partial charge in [0.1, 0.15) is 12.4 Å². The minimum atomic E-state index is -3.01. The number of aryl methyl sites for hydroxylation is 1. The molecule has 2 rings (SSSR count). The van der Waals surface area contributed by atoms with Crippen LogP contribution in [0.25, 0.3) is 0 Å². The molecule has 0 spiro atoms. The van der Waals surface area contributed by atoms with Crippen molar-refractivity contribution in [2.75, 3.05) is 31.2 Å². The number of amides is 2. The molecule has 0 aromatic heterocycles. The number of nitrogens with zero attached hydrogens (tertiary/aromatic N) is 1. The van der Waals surface area contributed by atoms with Crippen molar-refractivity contribution in [1.82, 2.24) is 10.2 Å². The van der Waals surface area contributed by atoms with E-state index in [0.29, 0.717) is 36.9 Å². The van der Waals surface area contributed by atoms with Gasteiger partial charge in [-0.2, -0.15) is 0 Å². The number of carbonyl (C=O) groups is 1. The summed E-state index contributed by atoms with van der Waals surface area (Å²) < 4.78 is 28.7. The second kappa shape index (κ2) is 8.07. The smallest absolute Gasteiger partial charge is 0.317 e. The van der Waals surface area contributed by atoms with Crippen molar-refractivity contribution in [3.63, 3.8) is 0 Å². The molecule has 1 unspecified atom stereocenters. The van der Waals surface area contributed by atoms with Crippen molar-refractivity contribution in [3.05, 3.63) is 28.8 Å². The number of sulfone groups is 1. The summed E-state index contributed by atoms with van der Waals surface area (Å²) in [5.74, 6) is 0.898. The molecule has 0 radical (unpaired) electrons. The summed E-state index contributed by atoms with van der Waals surface area (Å²) in [7, 11) is -3.01. The number of rotatable bonds is 6. The Labute approximate surface area is 148 Å². The van der Waals surface area contributed by atoms with E-state index in [1.54, 1.807) is 17.0 Å². The van der Waals surface area contributed by atoms with Gasteiger partial charge in [0.05, 0.1) is 18.1 Å². The van der Waals surface area contributed by atoms with Crippen LogP contribution in [0.3, 0.4) is 0 Å². The van der Waals surface area contributed by atoms with Crippen LogP contribution >= 0.6 is 11.6 Å². The highest BCUT2D eigenvalue weighted by Gasteiger charge is 2.33. The second-order valence-electron chi connectivity index (χ2n) is 5.83. The van der Waals surface area contributed by atoms with Gasteiger partial charge in [-0.15, -0.1) is 0 Å². The van der Waals surface area contributed by atoms with Gasteiger partial charge in [0.15, 0.2) is 9.84 Å². The third kappa shape index (κ3) is 5.01. The fourth-order valence-corrected chi connectivity index (χ4v) is 4.57. The first-order valence-corrected chi connectivity index (χ1v) is 10.2. The molecule has 1 fully saturated rings. The Balaban J connectivity index is 1.78. The van der Waals surface area contributed by atoms with Gasteiger partial charge in [0, 0.05) is 17.6 Å². The molecule has 1 heterocycles. The molecule has 134 valence electrons. The highest BCUT2D eigenvalue weighted by Crippen LogP contribution is 2.21. The van der Waals surface area contributed by atoms with Crippen LogP contribution in [0.5, 0.6) is 5.75 Å². The van der Waals surface area contributed by atoms with Crippen LogP contribution in [0, 0.1) is 6.92 Å². The van der Waals surface area contributed by atoms with E-state index in [-0.39, 0.29) is 23.6 Å². The van der Waals surface area contributed by atoms with E-state index in [0.717, 1.165) is 5.56 Å². The van der Waals surface area contributed by atoms with E-state index >= 15 is 0 Å². The maximum atomic E-state index is 12.2. The van der Waals surface area contributed by atoms with Crippen LogP contribution in [0.2, 0.25) is 5.02 Å². The van der Waals surface area contributed by atoms with Gasteiger partial charge >= 0.3 is 6.03 Å². The minimum Gasteiger partial charge on any atom is -0.492 e. The monoisotopic (exact) mass is 374 g/mol. The van der Waals surface area contributed by atoms with Crippen LogP contribution in [0.1, 0.15) is 18.9 Å². The maximum Gasteiger partial charge on any atom is 0.317 e. The predicted octanol–water partition coefficient (Wildman–Crippen LogP) is 2.25. The second-order valence-corrected chi connectivity index (χ2v) is 8.47. The Hall–Kier alpha value is -1.47. The fraction of sp³-hybridized carbons (Fsp3) is 0.562. The van der Waals surface area contributed by atoms with Gasteiger partial charge in [-0.05, 0) is 44.0 Å². The molecule has 1 N–H and O–H groups in total. The molecule has 0 aliphatic carbocycles. The van der Waals surface area contributed by atoms with E-state index < -0.39 is 9.84 Å². The van der Waals surface area contributed by atoms with Crippen LogP contribution in [-0.4, -0.2) is 56.6 Å². The first-order chi connectivity index (χ1) is 11.3. The van der Waals surface area contributed by atoms with Crippen LogP contribution < -0.4 is 10.1 Å². The normalized spacial score (nSPS) is 19.0. The molecular formula is C16H23ClN2O4S. The molecule has 1 atom stereocenters. The van der Waals surface area contributed by atoms with E-state index in [4.69, 9.17) is 16.3 Å². The molecule has 24 heavy (non-hydrogen) atoms. The Morgan fingerprint density at radius 3 is 2.79 bits per heavy atom. The molecule has 0 bridgehead atoms. The Morgan fingerprint density at radius 2 is 2.21 bits per heavy atom. The topological polar surface area (TPSA) is 75.7 Å². The molecule has 1 aliphatic heterocycles. The summed E-state index contributed by atoms with van der Waals surface area (Å²) >= 11 is 5.96. The summed E-state index contributed by atoms with van der Waals surface area (Å²) in [6.07, 6.45) is 0.504. The van der Waals surface area contributed by atoms with Gasteiger partial charge in [-0.1, -0.05) is 11.6 Å². The Morgan fingerprint density at radius 1 is 1.46 bits per heavy atom. The molecule has 1 aromatic rings. The van der Waals surface area contributed by atoms with E-state index in [2.05, 4.69) is 5.32 Å². The molecule has 0 saturated carbocycles. The summed E-state index contributed by atoms with van der Waals surface area (Å²) in [6.45, 7) is 4.89. The van der Waals surface area contributed by atoms with Crippen molar-refractivity contribution in [3.8, 4) is 5.75 Å². The zero-order valence-corrected chi connectivity index (χ0v) is 15.5. The van der Waals surface area contributed by atoms with Gasteiger partial charge in [-0.25, -0.2) is 13.2 Å². The fourth-order valence-electron chi connectivity index (χ4n) is 2.72. The highest BCUT2D eigenvalue weighted by molar-refractivity contribution is 7.91. The Bertz CT molecular complexity index is 693. The number of nitrogens with one attached hydrogen (secondary N) is 1. The third-order valence-corrected chi connectivity index (χ3v) is 6.20. The van der Waals surface area contributed by atoms with E-state index in [9.17, 15) is 13.2 Å². The standard InChI is InChI=1S/C16H23ClN2O4S/c1-3-19(13-6-9-24(21,22)11-13)16(20)18-7-8-23-14-4-5-15(17)12(2)10-14/h4-5,10,13H,3,6-9,11H2,1-2H3,(H,18,20). The zero-order valence-electron chi connectivity index (χ0n) is 13.9. The number of hydrogen-bond donors (Lipinski definition) is 1. The maximum absolute atomic E-state index is 12.2. The average Bonchev–Trinajstić information content (AvgIpc) is 2.88. The van der Waals surface area contributed by atoms with Crippen molar-refractivity contribution in [2.24, 2.45) is 0 Å². The lowest BCUT2D eigenvalue weighted by Crippen LogP contribution is -2.47. The summed E-state index contributed by atoms with van der Waals surface area (Å²) in [4.78, 5) is 13.8. The van der Waals surface area contributed by atoms with Crippen LogP contribution in [-0.2, 0) is 9.84 Å². The number of urea groups is 1. The lowest BCUT2D eigenvalue weighted by atomic mass is 10.2. The van der Waals surface area contributed by atoms with Gasteiger partial charge in [-0.3, -0.25) is 0 Å². The van der Waals surface area contributed by atoms with Gasteiger partial charge in [0.2, 0.25) is 0 Å². The predicted molar refractivity (Wildman–Crippen MR) is 94.5 cm³/mol. The highest BCUT2D eigenvalue weighted by atomic mass is 35.5. The summed E-state index contributed by atoms with van der Waals surface area (Å²) in [5, 5.41) is 3.46. The van der Waals surface area contributed by atoms with Crippen molar-refractivity contribution in [2.45, 2.75) is 26.3 Å². The number of hydrogen-bond acceptors (Lipinski definition) is 4. The summed E-state index contributed by atoms with van der Waals surface area (Å²) in [6, 6.07) is 4.89. The molecule has 1 saturated heterocycles. The number of carbonyl (C=O) groups excluding carboxylic acids is 1. The number of halogens is 1. The van der Waals surface area contributed by atoms with Crippen molar-refractivity contribution < 1.29 is 17.9 Å². The Kier molecular flexibility index (Phi) is 6.34. The number of ether oxygens (including phenoxy) is 1.